The van der Waals surface area contributed by atoms with E-state index in [4.69, 9.17) is 0 Å². The van der Waals surface area contributed by atoms with E-state index in [-0.39, 0.29) is 11.7 Å². The maximum Gasteiger partial charge on any atom is 0.290 e. The number of carbonyl (C=O) groups is 1. The largest absolute Gasteiger partial charge is 0.349 e. The quantitative estimate of drug-likeness (QED) is 0.623. The van der Waals surface area contributed by atoms with Crippen molar-refractivity contribution in [1.29, 1.82) is 0 Å². The van der Waals surface area contributed by atoms with Crippen molar-refractivity contribution in [3.05, 3.63) is 22.6 Å². The van der Waals surface area contributed by atoms with Crippen LogP contribution in [0.1, 0.15) is 54.7 Å². The molecular formula is C21H31N6OS+. The SMILES string of the molecule is C[NH+](C)CCCNC(=O)c1nc2c3c4c(sc3ncn2n1)C[C@@H](C(C)(C)C)CC4. The summed E-state index contributed by atoms with van der Waals surface area (Å²) in [5.74, 6) is 0.689. The molecule has 3 heterocycles. The summed E-state index contributed by atoms with van der Waals surface area (Å²) < 4.78 is 1.66. The number of amides is 1. The molecule has 1 atom stereocenters. The van der Waals surface area contributed by atoms with Gasteiger partial charge >= 0.3 is 0 Å². The topological polar surface area (TPSA) is 76.6 Å². The molecule has 1 aliphatic carbocycles. The Balaban J connectivity index is 1.61. The zero-order valence-corrected chi connectivity index (χ0v) is 18.8. The molecule has 1 aliphatic rings. The molecule has 3 aromatic heterocycles. The van der Waals surface area contributed by atoms with Gasteiger partial charge in [-0.1, -0.05) is 20.8 Å². The number of thiophene rings is 1. The second-order valence-electron chi connectivity index (χ2n) is 9.50. The van der Waals surface area contributed by atoms with Crippen molar-refractivity contribution < 1.29 is 9.69 Å². The van der Waals surface area contributed by atoms with Gasteiger partial charge in [0.2, 0.25) is 5.82 Å². The van der Waals surface area contributed by atoms with Crippen LogP contribution < -0.4 is 10.2 Å². The molecular weight excluding hydrogens is 384 g/mol. The maximum absolute atomic E-state index is 12.5. The van der Waals surface area contributed by atoms with Gasteiger partial charge in [0.25, 0.3) is 5.91 Å². The number of nitrogens with zero attached hydrogens (tertiary/aromatic N) is 4. The van der Waals surface area contributed by atoms with Gasteiger partial charge in [0.15, 0.2) is 5.65 Å². The van der Waals surface area contributed by atoms with Crippen molar-refractivity contribution in [2.45, 2.75) is 46.5 Å². The average molecular weight is 416 g/mol. The van der Waals surface area contributed by atoms with Crippen LogP contribution in [0, 0.1) is 11.3 Å². The van der Waals surface area contributed by atoms with Gasteiger partial charge in [-0.3, -0.25) is 4.79 Å². The predicted molar refractivity (Wildman–Crippen MR) is 116 cm³/mol. The highest BCUT2D eigenvalue weighted by atomic mass is 32.1. The third-order valence-corrected chi connectivity index (χ3v) is 7.12. The zero-order valence-electron chi connectivity index (χ0n) is 18.0. The Labute approximate surface area is 175 Å². The molecule has 3 aromatic rings. The maximum atomic E-state index is 12.5. The van der Waals surface area contributed by atoms with Crippen LogP contribution in [0.5, 0.6) is 0 Å². The minimum absolute atomic E-state index is 0.215. The summed E-state index contributed by atoms with van der Waals surface area (Å²) in [4.78, 5) is 25.5. The fourth-order valence-corrected chi connectivity index (χ4v) is 5.39. The second-order valence-corrected chi connectivity index (χ2v) is 10.6. The molecule has 8 heteroatoms. The van der Waals surface area contributed by atoms with E-state index in [9.17, 15) is 4.79 Å². The number of aromatic nitrogens is 4. The Kier molecular flexibility index (Phi) is 5.33. The number of hydrogen-bond acceptors (Lipinski definition) is 5. The van der Waals surface area contributed by atoms with E-state index >= 15 is 0 Å². The minimum Gasteiger partial charge on any atom is -0.349 e. The summed E-state index contributed by atoms with van der Waals surface area (Å²) >= 11 is 1.78. The molecule has 1 amide bonds. The average Bonchev–Trinajstić information content (AvgIpc) is 3.24. The number of aryl methyl sites for hydroxylation is 1. The van der Waals surface area contributed by atoms with Gasteiger partial charge < -0.3 is 10.2 Å². The summed E-state index contributed by atoms with van der Waals surface area (Å²) in [5, 5.41) is 8.41. The normalized spacial score (nSPS) is 17.2. The molecule has 0 spiro atoms. The van der Waals surface area contributed by atoms with Crippen LogP contribution in [0.2, 0.25) is 0 Å². The molecule has 0 unspecified atom stereocenters. The van der Waals surface area contributed by atoms with E-state index in [1.54, 1.807) is 22.2 Å². The third-order valence-electron chi connectivity index (χ3n) is 5.95. The molecule has 7 nitrogen and oxygen atoms in total. The fraction of sp³-hybridized carbons (Fsp3) is 0.619. The van der Waals surface area contributed by atoms with Crippen LogP contribution in [-0.2, 0) is 12.8 Å². The molecule has 0 saturated heterocycles. The number of carbonyl (C=O) groups excluding carboxylic acids is 1. The Morgan fingerprint density at radius 2 is 2.17 bits per heavy atom. The monoisotopic (exact) mass is 415 g/mol. The molecule has 0 fully saturated rings. The van der Waals surface area contributed by atoms with E-state index < -0.39 is 0 Å². The molecule has 4 rings (SSSR count). The van der Waals surface area contributed by atoms with Gasteiger partial charge in [-0.25, -0.2) is 14.5 Å². The molecule has 0 aliphatic heterocycles. The first-order valence-corrected chi connectivity index (χ1v) is 11.3. The van der Waals surface area contributed by atoms with Crippen LogP contribution in [0.3, 0.4) is 0 Å². The predicted octanol–water partition coefficient (Wildman–Crippen LogP) is 1.75. The molecule has 156 valence electrons. The second kappa shape index (κ2) is 7.65. The Morgan fingerprint density at radius 3 is 2.90 bits per heavy atom. The lowest BCUT2D eigenvalue weighted by atomic mass is 9.72. The number of rotatable bonds is 5. The van der Waals surface area contributed by atoms with Gasteiger partial charge in [0.05, 0.1) is 26.0 Å². The van der Waals surface area contributed by atoms with E-state index in [0.717, 1.165) is 41.7 Å². The number of fused-ring (bicyclic) bond motifs is 5. The Bertz CT molecular complexity index is 1040. The summed E-state index contributed by atoms with van der Waals surface area (Å²) in [5.41, 5.74) is 2.42. The van der Waals surface area contributed by atoms with Crippen LogP contribution in [0.4, 0.5) is 0 Å². The number of nitrogens with one attached hydrogen (secondary N) is 2. The Morgan fingerprint density at radius 1 is 1.38 bits per heavy atom. The highest BCUT2D eigenvalue weighted by molar-refractivity contribution is 7.19. The molecule has 0 saturated carbocycles. The number of quaternary nitrogens is 1. The summed E-state index contributed by atoms with van der Waals surface area (Å²) in [6, 6.07) is 0. The van der Waals surface area contributed by atoms with Crippen molar-refractivity contribution in [3.8, 4) is 0 Å². The van der Waals surface area contributed by atoms with Crippen molar-refractivity contribution in [3.63, 3.8) is 0 Å². The van der Waals surface area contributed by atoms with Crippen LogP contribution in [-0.4, -0.2) is 52.7 Å². The highest BCUT2D eigenvalue weighted by Gasteiger charge is 2.32. The van der Waals surface area contributed by atoms with Crippen molar-refractivity contribution in [2.24, 2.45) is 11.3 Å². The third kappa shape index (κ3) is 4.00. The first-order chi connectivity index (χ1) is 13.7. The molecule has 0 bridgehead atoms. The first kappa shape index (κ1) is 20.2. The lowest BCUT2D eigenvalue weighted by molar-refractivity contribution is -0.858. The summed E-state index contributed by atoms with van der Waals surface area (Å²) in [6.07, 6.45) is 5.93. The summed E-state index contributed by atoms with van der Waals surface area (Å²) in [7, 11) is 4.21. The molecule has 2 N–H and O–H groups in total. The van der Waals surface area contributed by atoms with E-state index in [1.165, 1.54) is 21.8 Å². The fourth-order valence-electron chi connectivity index (χ4n) is 4.13. The van der Waals surface area contributed by atoms with Gasteiger partial charge in [-0.15, -0.1) is 16.4 Å². The Hall–Kier alpha value is -2.06. The lowest BCUT2D eigenvalue weighted by Crippen LogP contribution is -3.05. The van der Waals surface area contributed by atoms with Gasteiger partial charge in [0, 0.05) is 17.8 Å². The van der Waals surface area contributed by atoms with E-state index in [1.807, 2.05) is 0 Å². The minimum atomic E-state index is -0.215. The van der Waals surface area contributed by atoms with Crippen LogP contribution >= 0.6 is 11.3 Å². The first-order valence-electron chi connectivity index (χ1n) is 10.5. The van der Waals surface area contributed by atoms with E-state index in [2.05, 4.69) is 55.2 Å². The van der Waals surface area contributed by atoms with E-state index in [0.29, 0.717) is 17.9 Å². The number of hydrogen-bond donors (Lipinski definition) is 2. The van der Waals surface area contributed by atoms with Gasteiger partial charge in [0.1, 0.15) is 11.2 Å². The van der Waals surface area contributed by atoms with Gasteiger partial charge in [-0.2, -0.15) is 0 Å². The van der Waals surface area contributed by atoms with Crippen LogP contribution in [0.15, 0.2) is 6.33 Å². The molecule has 29 heavy (non-hydrogen) atoms. The van der Waals surface area contributed by atoms with Crippen molar-refractivity contribution >= 4 is 33.1 Å². The summed E-state index contributed by atoms with van der Waals surface area (Å²) in [6.45, 7) is 8.64. The lowest BCUT2D eigenvalue weighted by Gasteiger charge is -2.33. The highest BCUT2D eigenvalue weighted by Crippen LogP contribution is 2.43. The smallest absolute Gasteiger partial charge is 0.290 e. The van der Waals surface area contributed by atoms with Crippen LogP contribution in [0.25, 0.3) is 15.9 Å². The van der Waals surface area contributed by atoms with Crippen molar-refractivity contribution in [2.75, 3.05) is 27.2 Å². The molecule has 0 aromatic carbocycles. The van der Waals surface area contributed by atoms with Crippen molar-refractivity contribution in [1.82, 2.24) is 24.9 Å². The standard InChI is InChI=1S/C21H30N6OS/c1-21(2,3)13-7-8-14-15(11-13)29-20-16(14)18-24-17(25-27(18)12-23-20)19(28)22-9-6-10-26(4)5/h12-13H,6-11H2,1-5H3,(H,22,28)/p+1/t13-/m0/s1. The van der Waals surface area contributed by atoms with Gasteiger partial charge in [-0.05, 0) is 36.2 Å². The zero-order chi connectivity index (χ0) is 20.8. The molecule has 0 radical (unpaired) electrons.